The number of carbonyl (C=O) groups is 1. The van der Waals surface area contributed by atoms with Crippen molar-refractivity contribution in [2.45, 2.75) is 13.8 Å². The molecule has 1 amide bonds. The summed E-state index contributed by atoms with van der Waals surface area (Å²) in [4.78, 5) is 22.5. The van der Waals surface area contributed by atoms with Crippen molar-refractivity contribution in [3.05, 3.63) is 65.5 Å². The van der Waals surface area contributed by atoms with Crippen LogP contribution in [0.15, 0.2) is 48.5 Å². The molecule has 4 N–H and O–H groups in total. The number of imidazole rings is 1. The first-order valence-corrected chi connectivity index (χ1v) is 8.25. The summed E-state index contributed by atoms with van der Waals surface area (Å²) in [6.07, 6.45) is 0. The number of aryl methyl sites for hydroxylation is 1. The van der Waals surface area contributed by atoms with Crippen LogP contribution in [-0.2, 0) is 0 Å². The Morgan fingerprint density at radius 1 is 1.04 bits per heavy atom. The second-order valence-corrected chi connectivity index (χ2v) is 6.17. The number of hydrogen-bond acceptors (Lipinski definition) is 3. The highest BCUT2D eigenvalue weighted by Crippen LogP contribution is 2.31. The maximum Gasteiger partial charge on any atom is 0.265 e. The molecule has 0 saturated carbocycles. The number of H-pyrrole nitrogens is 2. The van der Waals surface area contributed by atoms with Gasteiger partial charge >= 0.3 is 0 Å². The molecule has 0 fully saturated rings. The standard InChI is InChI=1S/C20H18N4O2/c1-11-17(12(2)22-18(11)19(21)25)20-23-15-9-8-14(10-16(15)24-20)26-13-6-4-3-5-7-13/h3-10,22H,1-2H3,(H2,21,25)(H,23,24). The maximum atomic E-state index is 11.6. The number of rotatable bonds is 4. The fourth-order valence-electron chi connectivity index (χ4n) is 3.15. The molecule has 26 heavy (non-hydrogen) atoms. The summed E-state index contributed by atoms with van der Waals surface area (Å²) in [7, 11) is 0. The Balaban J connectivity index is 1.74. The van der Waals surface area contributed by atoms with E-state index in [1.807, 2.05) is 62.4 Å². The van der Waals surface area contributed by atoms with Gasteiger partial charge in [0.1, 0.15) is 23.0 Å². The summed E-state index contributed by atoms with van der Waals surface area (Å²) < 4.78 is 5.87. The van der Waals surface area contributed by atoms with Gasteiger partial charge in [-0.05, 0) is 43.7 Å². The highest BCUT2D eigenvalue weighted by Gasteiger charge is 2.19. The molecule has 0 bridgehead atoms. The molecule has 4 rings (SSSR count). The van der Waals surface area contributed by atoms with E-state index in [1.54, 1.807) is 0 Å². The van der Waals surface area contributed by atoms with Crippen LogP contribution in [0, 0.1) is 13.8 Å². The van der Waals surface area contributed by atoms with Crippen molar-refractivity contribution in [1.29, 1.82) is 0 Å². The van der Waals surface area contributed by atoms with Crippen molar-refractivity contribution >= 4 is 16.9 Å². The number of nitrogens with zero attached hydrogens (tertiary/aromatic N) is 1. The zero-order valence-electron chi connectivity index (χ0n) is 14.5. The Morgan fingerprint density at radius 3 is 2.50 bits per heavy atom. The molecule has 2 aromatic carbocycles. The number of para-hydroxylation sites is 1. The van der Waals surface area contributed by atoms with E-state index in [4.69, 9.17) is 10.5 Å². The van der Waals surface area contributed by atoms with Gasteiger partial charge in [-0.25, -0.2) is 4.98 Å². The smallest absolute Gasteiger partial charge is 0.265 e. The molecule has 0 radical (unpaired) electrons. The number of aromatic nitrogens is 3. The molecule has 130 valence electrons. The Kier molecular flexibility index (Phi) is 3.73. The summed E-state index contributed by atoms with van der Waals surface area (Å²) in [5, 5.41) is 0. The molecule has 6 nitrogen and oxygen atoms in total. The van der Waals surface area contributed by atoms with Gasteiger partial charge in [-0.2, -0.15) is 0 Å². The zero-order valence-corrected chi connectivity index (χ0v) is 14.5. The molecule has 0 unspecified atom stereocenters. The zero-order chi connectivity index (χ0) is 18.3. The Labute approximate surface area is 150 Å². The summed E-state index contributed by atoms with van der Waals surface area (Å²) in [6, 6.07) is 15.3. The monoisotopic (exact) mass is 346 g/mol. The number of amides is 1. The average molecular weight is 346 g/mol. The minimum Gasteiger partial charge on any atom is -0.457 e. The van der Waals surface area contributed by atoms with Crippen LogP contribution in [0.5, 0.6) is 11.5 Å². The maximum absolute atomic E-state index is 11.6. The number of benzene rings is 2. The predicted octanol–water partition coefficient (Wildman–Crippen LogP) is 4.07. The molecular formula is C20H18N4O2. The first kappa shape index (κ1) is 16.0. The fourth-order valence-corrected chi connectivity index (χ4v) is 3.15. The number of primary amides is 1. The number of nitrogens with two attached hydrogens (primary N) is 1. The van der Waals surface area contributed by atoms with Crippen molar-refractivity contribution in [3.8, 4) is 22.9 Å². The quantitative estimate of drug-likeness (QED) is 0.520. The third-order valence-corrected chi connectivity index (χ3v) is 4.35. The van der Waals surface area contributed by atoms with Crippen LogP contribution >= 0.6 is 0 Å². The van der Waals surface area contributed by atoms with Gasteiger partial charge < -0.3 is 20.4 Å². The first-order valence-electron chi connectivity index (χ1n) is 8.25. The molecule has 0 aliphatic heterocycles. The topological polar surface area (TPSA) is 96.8 Å². The lowest BCUT2D eigenvalue weighted by Gasteiger charge is -2.04. The number of ether oxygens (including phenoxy) is 1. The SMILES string of the molecule is Cc1[nH]c(C(N)=O)c(C)c1-c1nc2ccc(Oc3ccccc3)cc2[nH]1. The first-order chi connectivity index (χ1) is 12.5. The molecule has 4 aromatic rings. The second kappa shape index (κ2) is 6.07. The van der Waals surface area contributed by atoms with Gasteiger partial charge in [0.05, 0.1) is 11.0 Å². The van der Waals surface area contributed by atoms with Gasteiger partial charge in [-0.3, -0.25) is 4.79 Å². The predicted molar refractivity (Wildman–Crippen MR) is 100 cm³/mol. The van der Waals surface area contributed by atoms with Crippen LogP contribution in [0.1, 0.15) is 21.7 Å². The molecule has 0 atom stereocenters. The van der Waals surface area contributed by atoms with Crippen LogP contribution < -0.4 is 10.5 Å². The summed E-state index contributed by atoms with van der Waals surface area (Å²) in [5.41, 5.74) is 10.0. The van der Waals surface area contributed by atoms with Crippen molar-refractivity contribution in [2.75, 3.05) is 0 Å². The molecule has 0 spiro atoms. The molecule has 0 aliphatic carbocycles. The van der Waals surface area contributed by atoms with E-state index in [2.05, 4.69) is 15.0 Å². The minimum atomic E-state index is -0.480. The van der Waals surface area contributed by atoms with E-state index in [0.29, 0.717) is 11.5 Å². The van der Waals surface area contributed by atoms with Crippen LogP contribution in [0.4, 0.5) is 0 Å². The average Bonchev–Trinajstić information content (AvgIpc) is 3.15. The lowest BCUT2D eigenvalue weighted by Crippen LogP contribution is -2.12. The number of hydrogen-bond donors (Lipinski definition) is 3. The van der Waals surface area contributed by atoms with Crippen LogP contribution in [0.25, 0.3) is 22.4 Å². The van der Waals surface area contributed by atoms with E-state index >= 15 is 0 Å². The van der Waals surface area contributed by atoms with Gasteiger partial charge in [0.15, 0.2) is 0 Å². The Bertz CT molecular complexity index is 1110. The van der Waals surface area contributed by atoms with Crippen molar-refractivity contribution in [3.63, 3.8) is 0 Å². The Morgan fingerprint density at radius 2 is 1.81 bits per heavy atom. The highest BCUT2D eigenvalue weighted by molar-refractivity contribution is 5.95. The molecule has 2 aromatic heterocycles. The van der Waals surface area contributed by atoms with E-state index < -0.39 is 5.91 Å². The fraction of sp³-hybridized carbons (Fsp3) is 0.100. The number of aromatic amines is 2. The number of nitrogens with one attached hydrogen (secondary N) is 2. The van der Waals surface area contributed by atoms with Crippen molar-refractivity contribution in [1.82, 2.24) is 15.0 Å². The summed E-state index contributed by atoms with van der Waals surface area (Å²) in [5.74, 6) is 1.70. The minimum absolute atomic E-state index is 0.408. The van der Waals surface area contributed by atoms with E-state index in [9.17, 15) is 4.79 Å². The molecule has 6 heteroatoms. The number of fused-ring (bicyclic) bond motifs is 1. The Hall–Kier alpha value is -3.54. The normalized spacial score (nSPS) is 11.0. The third kappa shape index (κ3) is 2.71. The molecule has 0 saturated heterocycles. The third-order valence-electron chi connectivity index (χ3n) is 4.35. The molecule has 0 aliphatic rings. The van der Waals surface area contributed by atoms with E-state index in [1.165, 1.54) is 0 Å². The second-order valence-electron chi connectivity index (χ2n) is 6.17. The van der Waals surface area contributed by atoms with Gasteiger partial charge in [-0.1, -0.05) is 18.2 Å². The van der Waals surface area contributed by atoms with Crippen LogP contribution in [0.2, 0.25) is 0 Å². The summed E-state index contributed by atoms with van der Waals surface area (Å²) >= 11 is 0. The lowest BCUT2D eigenvalue weighted by atomic mass is 10.1. The van der Waals surface area contributed by atoms with Crippen molar-refractivity contribution in [2.24, 2.45) is 5.73 Å². The molecular weight excluding hydrogens is 328 g/mol. The van der Waals surface area contributed by atoms with Gasteiger partial charge in [0.25, 0.3) is 5.91 Å². The van der Waals surface area contributed by atoms with E-state index in [0.717, 1.165) is 39.4 Å². The van der Waals surface area contributed by atoms with Gasteiger partial charge in [0.2, 0.25) is 0 Å². The van der Waals surface area contributed by atoms with Crippen LogP contribution in [-0.4, -0.2) is 20.9 Å². The number of carbonyl (C=O) groups excluding carboxylic acids is 1. The summed E-state index contributed by atoms with van der Waals surface area (Å²) in [6.45, 7) is 3.75. The molecule has 2 heterocycles. The lowest BCUT2D eigenvalue weighted by molar-refractivity contribution is 0.0995. The van der Waals surface area contributed by atoms with Crippen LogP contribution in [0.3, 0.4) is 0 Å². The van der Waals surface area contributed by atoms with Crippen molar-refractivity contribution < 1.29 is 9.53 Å². The van der Waals surface area contributed by atoms with E-state index in [-0.39, 0.29) is 0 Å². The largest absolute Gasteiger partial charge is 0.457 e. The highest BCUT2D eigenvalue weighted by atomic mass is 16.5. The van der Waals surface area contributed by atoms with Gasteiger partial charge in [0, 0.05) is 17.3 Å². The van der Waals surface area contributed by atoms with Gasteiger partial charge in [-0.15, -0.1) is 0 Å².